The molecule has 204 valence electrons. The third-order valence-electron chi connectivity index (χ3n) is 7.21. The first kappa shape index (κ1) is 27.9. The van der Waals surface area contributed by atoms with Gasteiger partial charge in [0.05, 0.1) is 31.4 Å². The lowest BCUT2D eigenvalue weighted by Crippen LogP contribution is -2.39. The summed E-state index contributed by atoms with van der Waals surface area (Å²) in [5.41, 5.74) is 2.56. The molecule has 0 aromatic heterocycles. The molecular formula is C31H40N2O5. The average molecular weight is 521 g/mol. The van der Waals surface area contributed by atoms with E-state index in [1.807, 2.05) is 31.2 Å². The molecule has 0 aliphatic carbocycles. The first-order valence-corrected chi connectivity index (χ1v) is 13.6. The number of nitrogens with zero attached hydrogens (tertiary/aromatic N) is 2. The Morgan fingerprint density at radius 2 is 1.66 bits per heavy atom. The van der Waals surface area contributed by atoms with Gasteiger partial charge in [-0.15, -0.1) is 0 Å². The van der Waals surface area contributed by atoms with Crippen molar-refractivity contribution in [2.45, 2.75) is 52.0 Å². The average Bonchev–Trinajstić information content (AvgIpc) is 3.17. The number of benzene rings is 2. The highest BCUT2D eigenvalue weighted by atomic mass is 16.5. The molecule has 0 spiro atoms. The fourth-order valence-electron chi connectivity index (χ4n) is 5.00. The normalized spacial score (nSPS) is 20.2. The molecule has 1 N–H and O–H groups in total. The van der Waals surface area contributed by atoms with Gasteiger partial charge >= 0.3 is 0 Å². The number of carbonyl (C=O) groups excluding carboxylic acids is 2. The van der Waals surface area contributed by atoms with E-state index in [1.165, 1.54) is 0 Å². The van der Waals surface area contributed by atoms with Crippen molar-refractivity contribution in [2.24, 2.45) is 0 Å². The Morgan fingerprint density at radius 3 is 2.26 bits per heavy atom. The second kappa shape index (κ2) is 12.1. The van der Waals surface area contributed by atoms with Gasteiger partial charge in [0.1, 0.15) is 11.5 Å². The number of amides is 1. The minimum absolute atomic E-state index is 0.0277. The predicted molar refractivity (Wildman–Crippen MR) is 148 cm³/mol. The van der Waals surface area contributed by atoms with E-state index in [0.29, 0.717) is 37.7 Å². The molecule has 1 unspecified atom stereocenters. The number of likely N-dealkylation sites (tertiary alicyclic amines) is 1. The van der Waals surface area contributed by atoms with Crippen LogP contribution in [0.3, 0.4) is 0 Å². The Labute approximate surface area is 226 Å². The van der Waals surface area contributed by atoms with Crippen molar-refractivity contribution < 1.29 is 24.2 Å². The number of Topliss-reactive ketones (excluding diaryl/α,β-unsaturated/α-hetero) is 1. The van der Waals surface area contributed by atoms with E-state index in [9.17, 15) is 14.7 Å². The van der Waals surface area contributed by atoms with Crippen molar-refractivity contribution in [3.05, 3.63) is 70.8 Å². The Hall–Kier alpha value is -3.16. The fraction of sp³-hybridized carbons (Fsp3) is 0.484. The summed E-state index contributed by atoms with van der Waals surface area (Å²) in [7, 11) is 0. The van der Waals surface area contributed by atoms with Crippen LogP contribution in [-0.2, 0) is 19.7 Å². The maximum absolute atomic E-state index is 13.4. The zero-order valence-corrected chi connectivity index (χ0v) is 23.0. The van der Waals surface area contributed by atoms with Crippen LogP contribution in [0.5, 0.6) is 5.75 Å². The first-order valence-electron chi connectivity index (χ1n) is 13.6. The molecule has 7 heteroatoms. The fourth-order valence-corrected chi connectivity index (χ4v) is 5.00. The van der Waals surface area contributed by atoms with E-state index in [4.69, 9.17) is 9.47 Å². The molecule has 38 heavy (non-hydrogen) atoms. The van der Waals surface area contributed by atoms with Gasteiger partial charge < -0.3 is 19.5 Å². The summed E-state index contributed by atoms with van der Waals surface area (Å²) in [5, 5.41) is 11.4. The number of rotatable bonds is 9. The van der Waals surface area contributed by atoms with E-state index in [2.05, 4.69) is 25.7 Å². The molecule has 1 amide bonds. The SMILES string of the molecule is CCCOc1ccc(/C(O)=C2\C(=O)C(=O)N(CCCN3CCOCC3)C2c2ccc(C(C)(C)C)cc2)cc1. The molecule has 7 nitrogen and oxygen atoms in total. The maximum Gasteiger partial charge on any atom is 0.295 e. The standard InChI is InChI=1S/C31H40N2O5/c1-5-19-38-25-13-9-23(10-14-25)28(34)26-27(22-7-11-24(12-8-22)31(2,3)4)33(30(36)29(26)35)16-6-15-32-17-20-37-21-18-32/h7-14,27,34H,5-6,15-21H2,1-4H3/b28-26+. The summed E-state index contributed by atoms with van der Waals surface area (Å²) in [6.45, 7) is 13.5. The molecule has 0 radical (unpaired) electrons. The highest BCUT2D eigenvalue weighted by molar-refractivity contribution is 6.46. The monoisotopic (exact) mass is 520 g/mol. The lowest BCUT2D eigenvalue weighted by Gasteiger charge is -2.29. The van der Waals surface area contributed by atoms with E-state index in [-0.39, 0.29) is 16.7 Å². The van der Waals surface area contributed by atoms with Crippen LogP contribution in [0, 0.1) is 0 Å². The molecule has 2 aromatic rings. The Morgan fingerprint density at radius 1 is 1.00 bits per heavy atom. The molecular weight excluding hydrogens is 480 g/mol. The molecule has 0 saturated carbocycles. The van der Waals surface area contributed by atoms with Crippen LogP contribution >= 0.6 is 0 Å². The summed E-state index contributed by atoms with van der Waals surface area (Å²) < 4.78 is 11.1. The first-order chi connectivity index (χ1) is 18.2. The van der Waals surface area contributed by atoms with Gasteiger partial charge in [-0.05, 0) is 53.6 Å². The number of carbonyl (C=O) groups is 2. The summed E-state index contributed by atoms with van der Waals surface area (Å²) >= 11 is 0. The van der Waals surface area contributed by atoms with Gasteiger partial charge in [-0.25, -0.2) is 0 Å². The Bertz CT molecular complexity index is 1140. The van der Waals surface area contributed by atoms with Gasteiger partial charge in [0.15, 0.2) is 0 Å². The van der Waals surface area contributed by atoms with Gasteiger partial charge in [-0.2, -0.15) is 0 Å². The van der Waals surface area contributed by atoms with Crippen molar-refractivity contribution in [3.63, 3.8) is 0 Å². The van der Waals surface area contributed by atoms with Crippen molar-refractivity contribution in [3.8, 4) is 5.75 Å². The molecule has 2 fully saturated rings. The van der Waals surface area contributed by atoms with Crippen LogP contribution in [0.25, 0.3) is 5.76 Å². The number of aliphatic hydroxyl groups is 1. The number of ketones is 1. The lowest BCUT2D eigenvalue weighted by atomic mass is 9.85. The second-order valence-electron chi connectivity index (χ2n) is 11.0. The molecule has 0 bridgehead atoms. The zero-order valence-electron chi connectivity index (χ0n) is 23.0. The Balaban J connectivity index is 1.66. The summed E-state index contributed by atoms with van der Waals surface area (Å²) in [4.78, 5) is 30.6. The van der Waals surface area contributed by atoms with E-state index in [1.54, 1.807) is 29.2 Å². The van der Waals surface area contributed by atoms with Crippen molar-refractivity contribution in [2.75, 3.05) is 46.0 Å². The van der Waals surface area contributed by atoms with Gasteiger partial charge in [0.2, 0.25) is 0 Å². The number of hydrogen-bond acceptors (Lipinski definition) is 6. The van der Waals surface area contributed by atoms with E-state index >= 15 is 0 Å². The molecule has 2 saturated heterocycles. The Kier molecular flexibility index (Phi) is 8.90. The minimum Gasteiger partial charge on any atom is -0.507 e. The molecule has 2 aliphatic heterocycles. The maximum atomic E-state index is 13.4. The minimum atomic E-state index is -0.648. The number of hydrogen-bond donors (Lipinski definition) is 1. The highest BCUT2D eigenvalue weighted by Crippen LogP contribution is 2.40. The molecule has 1 atom stereocenters. The van der Waals surface area contributed by atoms with Crippen molar-refractivity contribution in [1.82, 2.24) is 9.80 Å². The number of ether oxygens (including phenoxy) is 2. The molecule has 2 aromatic carbocycles. The summed E-state index contributed by atoms with van der Waals surface area (Å²) in [5.74, 6) is -0.682. The van der Waals surface area contributed by atoms with Crippen LogP contribution in [0.1, 0.15) is 63.3 Å². The topological polar surface area (TPSA) is 79.3 Å². The third kappa shape index (κ3) is 6.27. The molecule has 4 rings (SSSR count). The van der Waals surface area contributed by atoms with Gasteiger partial charge in [0, 0.05) is 31.7 Å². The van der Waals surface area contributed by atoms with Gasteiger partial charge in [0.25, 0.3) is 11.7 Å². The largest absolute Gasteiger partial charge is 0.507 e. The van der Waals surface area contributed by atoms with Crippen LogP contribution in [0.2, 0.25) is 0 Å². The zero-order chi connectivity index (χ0) is 27.3. The van der Waals surface area contributed by atoms with Crippen LogP contribution in [0.4, 0.5) is 0 Å². The molecule has 2 aliphatic rings. The van der Waals surface area contributed by atoms with Crippen LogP contribution in [-0.4, -0.2) is 72.6 Å². The highest BCUT2D eigenvalue weighted by Gasteiger charge is 2.45. The van der Waals surface area contributed by atoms with Gasteiger partial charge in [-0.3, -0.25) is 14.5 Å². The third-order valence-corrected chi connectivity index (χ3v) is 7.21. The summed E-state index contributed by atoms with van der Waals surface area (Å²) in [6.07, 6.45) is 1.62. The van der Waals surface area contributed by atoms with Gasteiger partial charge in [-0.1, -0.05) is 52.0 Å². The summed E-state index contributed by atoms with van der Waals surface area (Å²) in [6, 6.07) is 14.4. The van der Waals surface area contributed by atoms with Crippen LogP contribution < -0.4 is 4.74 Å². The molecule has 2 heterocycles. The smallest absolute Gasteiger partial charge is 0.295 e. The van der Waals surface area contributed by atoms with Crippen molar-refractivity contribution >= 4 is 17.4 Å². The van der Waals surface area contributed by atoms with E-state index < -0.39 is 17.7 Å². The quantitative estimate of drug-likeness (QED) is 0.287. The lowest BCUT2D eigenvalue weighted by molar-refractivity contribution is -0.140. The second-order valence-corrected chi connectivity index (χ2v) is 11.0. The number of morpholine rings is 1. The van der Waals surface area contributed by atoms with Crippen molar-refractivity contribution in [1.29, 1.82) is 0 Å². The predicted octanol–water partition coefficient (Wildman–Crippen LogP) is 4.92. The van der Waals surface area contributed by atoms with E-state index in [0.717, 1.165) is 43.6 Å². The number of aliphatic hydroxyl groups excluding tert-OH is 1. The van der Waals surface area contributed by atoms with Crippen LogP contribution in [0.15, 0.2) is 54.1 Å².